The molecule has 170 valence electrons. The standard InChI is InChI=1S/C22H18BrF3N6O/c1-12(17-18(29-5-4-28-17)19-30-9-16(23)10-31-19)32-20(33)13-6-14(21(2,3)11-27)8-15(7-13)22(24,25)26/h4-10,12H,1-3H3,(H,32,33). The van der Waals surface area contributed by atoms with E-state index < -0.39 is 29.1 Å². The Morgan fingerprint density at radius 1 is 1.06 bits per heavy atom. The molecule has 0 spiro atoms. The number of carbonyl (C=O) groups excluding carboxylic acids is 1. The second kappa shape index (κ2) is 9.23. The molecule has 1 atom stereocenters. The third-order valence-electron chi connectivity index (χ3n) is 4.84. The van der Waals surface area contributed by atoms with Crippen molar-refractivity contribution in [2.24, 2.45) is 0 Å². The average molecular weight is 519 g/mol. The molecule has 0 radical (unpaired) electrons. The number of hydrogen-bond acceptors (Lipinski definition) is 6. The maximum absolute atomic E-state index is 13.4. The molecule has 33 heavy (non-hydrogen) atoms. The summed E-state index contributed by atoms with van der Waals surface area (Å²) < 4.78 is 41.0. The van der Waals surface area contributed by atoms with E-state index in [9.17, 15) is 23.2 Å². The summed E-state index contributed by atoms with van der Waals surface area (Å²) in [6, 6.07) is 4.17. The largest absolute Gasteiger partial charge is 0.416 e. The van der Waals surface area contributed by atoms with Crippen LogP contribution in [0.2, 0.25) is 0 Å². The number of amides is 1. The number of halogens is 4. The van der Waals surface area contributed by atoms with Crippen LogP contribution in [0.4, 0.5) is 13.2 Å². The smallest absolute Gasteiger partial charge is 0.344 e. The van der Waals surface area contributed by atoms with Crippen LogP contribution in [0, 0.1) is 11.3 Å². The first-order valence-corrected chi connectivity index (χ1v) is 10.5. The number of benzene rings is 1. The summed E-state index contributed by atoms with van der Waals surface area (Å²) in [5.41, 5.74) is -1.70. The van der Waals surface area contributed by atoms with E-state index in [1.807, 2.05) is 6.07 Å². The summed E-state index contributed by atoms with van der Waals surface area (Å²) >= 11 is 3.25. The van der Waals surface area contributed by atoms with Gasteiger partial charge in [-0.1, -0.05) is 0 Å². The molecule has 3 rings (SSSR count). The van der Waals surface area contributed by atoms with Gasteiger partial charge >= 0.3 is 6.18 Å². The summed E-state index contributed by atoms with van der Waals surface area (Å²) in [6.45, 7) is 4.59. The molecule has 0 aliphatic heterocycles. The maximum atomic E-state index is 13.4. The van der Waals surface area contributed by atoms with Gasteiger partial charge in [-0.25, -0.2) is 15.0 Å². The van der Waals surface area contributed by atoms with Crippen LogP contribution in [0.25, 0.3) is 11.5 Å². The van der Waals surface area contributed by atoms with Crippen molar-refractivity contribution in [1.29, 1.82) is 5.26 Å². The first kappa shape index (κ1) is 24.3. The lowest BCUT2D eigenvalue weighted by Crippen LogP contribution is -2.29. The summed E-state index contributed by atoms with van der Waals surface area (Å²) in [4.78, 5) is 29.8. The highest BCUT2D eigenvalue weighted by Crippen LogP contribution is 2.34. The van der Waals surface area contributed by atoms with Crippen LogP contribution in [0.15, 0.2) is 47.5 Å². The molecule has 1 amide bonds. The second-order valence-corrected chi connectivity index (χ2v) is 8.66. The Labute approximate surface area is 196 Å². The predicted molar refractivity (Wildman–Crippen MR) is 117 cm³/mol. The molecule has 0 saturated heterocycles. The first-order chi connectivity index (χ1) is 15.4. The van der Waals surface area contributed by atoms with Crippen LogP contribution in [0.5, 0.6) is 0 Å². The second-order valence-electron chi connectivity index (χ2n) is 7.74. The van der Waals surface area contributed by atoms with Gasteiger partial charge in [0.2, 0.25) is 0 Å². The Hall–Kier alpha value is -3.39. The third kappa shape index (κ3) is 5.51. The fourth-order valence-electron chi connectivity index (χ4n) is 2.97. The highest BCUT2D eigenvalue weighted by Gasteiger charge is 2.34. The van der Waals surface area contributed by atoms with Crippen LogP contribution in [-0.4, -0.2) is 25.8 Å². The fourth-order valence-corrected chi connectivity index (χ4v) is 3.17. The van der Waals surface area contributed by atoms with Gasteiger partial charge in [-0.05, 0) is 60.5 Å². The van der Waals surface area contributed by atoms with Gasteiger partial charge in [0.05, 0.1) is 33.3 Å². The van der Waals surface area contributed by atoms with Crippen LogP contribution in [0.1, 0.15) is 54.0 Å². The fraction of sp³-hybridized carbons (Fsp3) is 0.273. The Morgan fingerprint density at radius 2 is 1.67 bits per heavy atom. The molecule has 2 heterocycles. The van der Waals surface area contributed by atoms with Gasteiger partial charge in [0, 0.05) is 30.4 Å². The SMILES string of the molecule is CC(NC(=O)c1cc(C(F)(F)F)cc(C(C)(C)C#N)c1)c1nccnc1-c1ncc(Br)cn1. The van der Waals surface area contributed by atoms with Crippen molar-refractivity contribution in [3.63, 3.8) is 0 Å². The van der Waals surface area contributed by atoms with Gasteiger partial charge in [-0.2, -0.15) is 18.4 Å². The molecule has 0 bridgehead atoms. The number of nitrogens with one attached hydrogen (secondary N) is 1. The molecule has 0 aliphatic carbocycles. The molecule has 2 aromatic heterocycles. The summed E-state index contributed by atoms with van der Waals surface area (Å²) in [5.74, 6) is -0.476. The molecular weight excluding hydrogens is 501 g/mol. The molecule has 0 saturated carbocycles. The van der Waals surface area contributed by atoms with Crippen molar-refractivity contribution >= 4 is 21.8 Å². The minimum Gasteiger partial charge on any atom is -0.344 e. The molecule has 1 N–H and O–H groups in total. The van der Waals surface area contributed by atoms with Crippen LogP contribution in [0.3, 0.4) is 0 Å². The quantitative estimate of drug-likeness (QED) is 0.509. The Bertz CT molecular complexity index is 1220. The van der Waals surface area contributed by atoms with E-state index in [4.69, 9.17) is 0 Å². The lowest BCUT2D eigenvalue weighted by molar-refractivity contribution is -0.137. The van der Waals surface area contributed by atoms with Crippen molar-refractivity contribution in [3.05, 3.63) is 69.8 Å². The van der Waals surface area contributed by atoms with Gasteiger partial charge in [0.15, 0.2) is 5.82 Å². The Morgan fingerprint density at radius 3 is 2.27 bits per heavy atom. The van der Waals surface area contributed by atoms with Crippen LogP contribution < -0.4 is 5.32 Å². The summed E-state index contributed by atoms with van der Waals surface area (Å²) in [5, 5.41) is 12.0. The number of rotatable bonds is 5. The van der Waals surface area contributed by atoms with E-state index >= 15 is 0 Å². The van der Waals surface area contributed by atoms with Crippen molar-refractivity contribution in [3.8, 4) is 17.6 Å². The third-order valence-corrected chi connectivity index (χ3v) is 5.25. The zero-order valence-corrected chi connectivity index (χ0v) is 19.4. The van der Waals surface area contributed by atoms with Crippen LogP contribution in [-0.2, 0) is 11.6 Å². The number of alkyl halides is 3. The predicted octanol–water partition coefficient (Wildman–Crippen LogP) is 5.01. The molecule has 0 fully saturated rings. The van der Waals surface area contributed by atoms with Crippen molar-refractivity contribution in [1.82, 2.24) is 25.3 Å². The molecule has 1 aromatic carbocycles. The van der Waals surface area contributed by atoms with E-state index in [0.29, 0.717) is 15.9 Å². The van der Waals surface area contributed by atoms with Crippen molar-refractivity contribution in [2.75, 3.05) is 0 Å². The number of carbonyl (C=O) groups is 1. The van der Waals surface area contributed by atoms with Gasteiger partial charge in [-0.15, -0.1) is 0 Å². The van der Waals surface area contributed by atoms with E-state index in [0.717, 1.165) is 12.1 Å². The Kier molecular flexibility index (Phi) is 6.78. The number of aromatic nitrogens is 4. The lowest BCUT2D eigenvalue weighted by atomic mass is 9.84. The monoisotopic (exact) mass is 518 g/mol. The maximum Gasteiger partial charge on any atom is 0.416 e. The highest BCUT2D eigenvalue weighted by atomic mass is 79.9. The van der Waals surface area contributed by atoms with E-state index in [-0.39, 0.29) is 17.0 Å². The van der Waals surface area contributed by atoms with E-state index in [1.165, 1.54) is 44.7 Å². The molecule has 1 unspecified atom stereocenters. The van der Waals surface area contributed by atoms with E-state index in [2.05, 4.69) is 41.2 Å². The molecule has 0 aliphatic rings. The average Bonchev–Trinajstić information content (AvgIpc) is 2.78. The molecule has 3 aromatic rings. The van der Waals surface area contributed by atoms with Gasteiger partial charge in [0.1, 0.15) is 5.69 Å². The van der Waals surface area contributed by atoms with Crippen molar-refractivity contribution in [2.45, 2.75) is 38.4 Å². The lowest BCUT2D eigenvalue weighted by Gasteiger charge is -2.20. The normalized spacial score (nSPS) is 12.7. The van der Waals surface area contributed by atoms with Gasteiger partial charge in [-0.3, -0.25) is 9.78 Å². The van der Waals surface area contributed by atoms with E-state index in [1.54, 1.807) is 6.92 Å². The van der Waals surface area contributed by atoms with Gasteiger partial charge in [0.25, 0.3) is 5.91 Å². The molecule has 7 nitrogen and oxygen atoms in total. The van der Waals surface area contributed by atoms with Gasteiger partial charge < -0.3 is 5.32 Å². The highest BCUT2D eigenvalue weighted by molar-refractivity contribution is 9.10. The first-order valence-electron chi connectivity index (χ1n) is 9.66. The zero-order chi connectivity index (χ0) is 24.4. The number of nitriles is 1. The zero-order valence-electron chi connectivity index (χ0n) is 17.8. The Balaban J connectivity index is 1.96. The summed E-state index contributed by atoms with van der Waals surface area (Å²) in [6.07, 6.45) is 1.26. The molecule has 11 heteroatoms. The topological polar surface area (TPSA) is 104 Å². The van der Waals surface area contributed by atoms with Crippen molar-refractivity contribution < 1.29 is 18.0 Å². The summed E-state index contributed by atoms with van der Waals surface area (Å²) in [7, 11) is 0. The van der Waals surface area contributed by atoms with Crippen LogP contribution >= 0.6 is 15.9 Å². The molecular formula is C22H18BrF3N6O. The minimum atomic E-state index is -4.68. The minimum absolute atomic E-state index is 0.0843. The number of hydrogen-bond donors (Lipinski definition) is 1. The number of nitrogens with zero attached hydrogens (tertiary/aromatic N) is 5.